The van der Waals surface area contributed by atoms with Gasteiger partial charge in [-0.15, -0.1) is 0 Å². The van der Waals surface area contributed by atoms with Crippen molar-refractivity contribution >= 4 is 38.7 Å². The minimum Gasteiger partial charge on any atom is -0.397 e. The third kappa shape index (κ3) is 3.41. The van der Waals surface area contributed by atoms with E-state index in [2.05, 4.69) is 4.72 Å². The number of hydrogen-bond donors (Lipinski definition) is 2. The van der Waals surface area contributed by atoms with Crippen LogP contribution in [0.2, 0.25) is 5.02 Å². The summed E-state index contributed by atoms with van der Waals surface area (Å²) in [5.74, 6) is 0. The average Bonchev–Trinajstić information content (AvgIpc) is 2.41. The normalized spacial score (nSPS) is 11.1. The van der Waals surface area contributed by atoms with Gasteiger partial charge in [0.1, 0.15) is 0 Å². The summed E-state index contributed by atoms with van der Waals surface area (Å²) in [7, 11) is -3.84. The number of rotatable bonds is 4. The Morgan fingerprint density at radius 3 is 2.29 bits per heavy atom. The predicted octanol–water partition coefficient (Wildman–Crippen LogP) is 2.63. The van der Waals surface area contributed by atoms with Gasteiger partial charge in [-0.1, -0.05) is 11.6 Å². The largest absolute Gasteiger partial charge is 0.397 e. The van der Waals surface area contributed by atoms with Crippen LogP contribution in [0.3, 0.4) is 0 Å². The molecule has 3 N–H and O–H groups in total. The second-order valence-electron chi connectivity index (χ2n) is 4.09. The molecule has 0 aliphatic heterocycles. The van der Waals surface area contributed by atoms with Crippen molar-refractivity contribution in [2.24, 2.45) is 0 Å². The molecule has 0 aromatic heterocycles. The van der Waals surface area contributed by atoms with Crippen LogP contribution in [0.1, 0.15) is 0 Å². The molecule has 2 aromatic carbocycles. The first-order chi connectivity index (χ1) is 9.79. The maximum absolute atomic E-state index is 12.1. The highest BCUT2D eigenvalue weighted by Crippen LogP contribution is 2.26. The molecule has 7 nitrogen and oxygen atoms in total. The van der Waals surface area contributed by atoms with Crippen LogP contribution in [0.5, 0.6) is 0 Å². The van der Waals surface area contributed by atoms with Crippen LogP contribution in [-0.4, -0.2) is 13.3 Å². The minimum absolute atomic E-state index is 0.00431. The van der Waals surface area contributed by atoms with Gasteiger partial charge in [-0.3, -0.25) is 14.8 Å². The van der Waals surface area contributed by atoms with Gasteiger partial charge >= 0.3 is 0 Å². The predicted molar refractivity (Wildman–Crippen MR) is 79.8 cm³/mol. The van der Waals surface area contributed by atoms with Crippen LogP contribution in [0.15, 0.2) is 47.4 Å². The number of nitrogen functional groups attached to an aromatic ring is 1. The SMILES string of the molecule is Nc1cc([N+](=O)[O-])ccc1NS(=O)(=O)c1ccc(Cl)cc1. The zero-order chi connectivity index (χ0) is 15.6. The number of nitrogens with one attached hydrogen (secondary N) is 1. The molecular formula is C12H10ClN3O4S. The Hall–Kier alpha value is -2.32. The van der Waals surface area contributed by atoms with Crippen molar-refractivity contribution in [2.45, 2.75) is 4.90 Å². The highest BCUT2D eigenvalue weighted by Gasteiger charge is 2.17. The van der Waals surface area contributed by atoms with Gasteiger partial charge in [-0.05, 0) is 30.3 Å². The quantitative estimate of drug-likeness (QED) is 0.508. The lowest BCUT2D eigenvalue weighted by molar-refractivity contribution is -0.384. The van der Waals surface area contributed by atoms with Crippen LogP contribution < -0.4 is 10.5 Å². The third-order valence-electron chi connectivity index (χ3n) is 2.61. The van der Waals surface area contributed by atoms with Gasteiger partial charge in [-0.25, -0.2) is 8.42 Å². The lowest BCUT2D eigenvalue weighted by Gasteiger charge is -2.10. The fourth-order valence-corrected chi connectivity index (χ4v) is 2.79. The molecular weight excluding hydrogens is 318 g/mol. The number of anilines is 2. The summed E-state index contributed by atoms with van der Waals surface area (Å²) in [6.45, 7) is 0. The Kier molecular flexibility index (Phi) is 4.01. The molecule has 0 heterocycles. The monoisotopic (exact) mass is 327 g/mol. The molecule has 0 unspecified atom stereocenters. The van der Waals surface area contributed by atoms with Crippen LogP contribution in [0.25, 0.3) is 0 Å². The molecule has 2 aromatic rings. The number of sulfonamides is 1. The number of nitrogens with zero attached hydrogens (tertiary/aromatic N) is 1. The average molecular weight is 328 g/mol. The van der Waals surface area contributed by atoms with Gasteiger partial charge in [0.2, 0.25) is 0 Å². The van der Waals surface area contributed by atoms with E-state index in [1.54, 1.807) is 0 Å². The van der Waals surface area contributed by atoms with E-state index in [9.17, 15) is 18.5 Å². The van der Waals surface area contributed by atoms with E-state index < -0.39 is 14.9 Å². The first-order valence-corrected chi connectivity index (χ1v) is 7.48. The number of nitro benzene ring substituents is 1. The maximum Gasteiger partial charge on any atom is 0.271 e. The van der Waals surface area contributed by atoms with E-state index in [1.165, 1.54) is 30.3 Å². The highest BCUT2D eigenvalue weighted by atomic mass is 35.5. The summed E-state index contributed by atoms with van der Waals surface area (Å²) >= 11 is 5.70. The van der Waals surface area contributed by atoms with Gasteiger partial charge in [0, 0.05) is 17.2 Å². The first kappa shape index (κ1) is 15.1. The molecule has 21 heavy (non-hydrogen) atoms. The maximum atomic E-state index is 12.1. The molecule has 0 spiro atoms. The fourth-order valence-electron chi connectivity index (χ4n) is 1.57. The molecule has 0 radical (unpaired) electrons. The van der Waals surface area contributed by atoms with Crippen LogP contribution in [0, 0.1) is 10.1 Å². The number of hydrogen-bond acceptors (Lipinski definition) is 5. The first-order valence-electron chi connectivity index (χ1n) is 5.62. The molecule has 0 saturated carbocycles. The Bertz CT molecular complexity index is 791. The Morgan fingerprint density at radius 1 is 1.14 bits per heavy atom. The standard InChI is InChI=1S/C12H10ClN3O4S/c13-8-1-4-10(5-2-8)21(19,20)15-12-6-3-9(16(17)18)7-11(12)14/h1-7,15H,14H2. The number of nitrogens with two attached hydrogens (primary N) is 1. The van der Waals surface area contributed by atoms with Crippen molar-refractivity contribution in [1.29, 1.82) is 0 Å². The van der Waals surface area contributed by atoms with Crippen LogP contribution in [-0.2, 0) is 10.0 Å². The summed E-state index contributed by atoms with van der Waals surface area (Å²) in [6, 6.07) is 9.04. The van der Waals surface area contributed by atoms with Gasteiger partial charge in [0.15, 0.2) is 0 Å². The fraction of sp³-hybridized carbons (Fsp3) is 0. The van der Waals surface area contributed by atoms with Gasteiger partial charge in [0.25, 0.3) is 15.7 Å². The molecule has 2 rings (SSSR count). The molecule has 0 fully saturated rings. The van der Waals surface area contributed by atoms with Crippen molar-refractivity contribution in [1.82, 2.24) is 0 Å². The van der Waals surface area contributed by atoms with Crippen molar-refractivity contribution in [3.63, 3.8) is 0 Å². The molecule has 9 heteroatoms. The summed E-state index contributed by atoms with van der Waals surface area (Å²) in [5.41, 5.74) is 5.42. The molecule has 110 valence electrons. The Balaban J connectivity index is 2.32. The van der Waals surface area contributed by atoms with Gasteiger partial charge in [0.05, 0.1) is 21.2 Å². The van der Waals surface area contributed by atoms with Crippen LogP contribution >= 0.6 is 11.6 Å². The Labute approximate surface area is 125 Å². The number of benzene rings is 2. The van der Waals surface area contributed by atoms with Gasteiger partial charge in [-0.2, -0.15) is 0 Å². The van der Waals surface area contributed by atoms with E-state index in [0.717, 1.165) is 12.1 Å². The van der Waals surface area contributed by atoms with E-state index in [0.29, 0.717) is 5.02 Å². The molecule has 0 aliphatic carbocycles. The lowest BCUT2D eigenvalue weighted by Crippen LogP contribution is -2.14. The zero-order valence-corrected chi connectivity index (χ0v) is 12.1. The lowest BCUT2D eigenvalue weighted by atomic mass is 10.2. The van der Waals surface area contributed by atoms with Crippen molar-refractivity contribution in [3.8, 4) is 0 Å². The van der Waals surface area contributed by atoms with Crippen molar-refractivity contribution in [2.75, 3.05) is 10.5 Å². The summed E-state index contributed by atoms with van der Waals surface area (Å²) in [5, 5.41) is 11.0. The second kappa shape index (κ2) is 5.58. The topological polar surface area (TPSA) is 115 Å². The summed E-state index contributed by atoms with van der Waals surface area (Å²) in [4.78, 5) is 9.99. The molecule has 0 aliphatic rings. The smallest absolute Gasteiger partial charge is 0.271 e. The summed E-state index contributed by atoms with van der Waals surface area (Å²) < 4.78 is 26.6. The summed E-state index contributed by atoms with van der Waals surface area (Å²) in [6.07, 6.45) is 0. The van der Waals surface area contributed by atoms with Crippen LogP contribution in [0.4, 0.5) is 17.1 Å². The van der Waals surface area contributed by atoms with E-state index in [4.69, 9.17) is 17.3 Å². The third-order valence-corrected chi connectivity index (χ3v) is 4.25. The van der Waals surface area contributed by atoms with E-state index in [1.807, 2.05) is 0 Å². The molecule has 0 bridgehead atoms. The highest BCUT2D eigenvalue weighted by molar-refractivity contribution is 7.92. The molecule has 0 amide bonds. The number of nitro groups is 1. The Morgan fingerprint density at radius 2 is 1.76 bits per heavy atom. The number of non-ortho nitro benzene ring substituents is 1. The molecule has 0 atom stereocenters. The minimum atomic E-state index is -3.84. The van der Waals surface area contributed by atoms with E-state index in [-0.39, 0.29) is 22.0 Å². The van der Waals surface area contributed by atoms with Gasteiger partial charge < -0.3 is 5.73 Å². The zero-order valence-electron chi connectivity index (χ0n) is 10.5. The second-order valence-corrected chi connectivity index (χ2v) is 6.21. The van der Waals surface area contributed by atoms with E-state index >= 15 is 0 Å². The van der Waals surface area contributed by atoms with Crippen molar-refractivity contribution in [3.05, 3.63) is 57.6 Å². The van der Waals surface area contributed by atoms with Crippen molar-refractivity contribution < 1.29 is 13.3 Å². The molecule has 0 saturated heterocycles. The number of halogens is 1.